The molecule has 2 aliphatic rings. The van der Waals surface area contributed by atoms with Crippen molar-refractivity contribution < 1.29 is 9.18 Å². The first-order valence-electron chi connectivity index (χ1n) is 9.28. The zero-order valence-corrected chi connectivity index (χ0v) is 16.4. The lowest BCUT2D eigenvalue weighted by Gasteiger charge is -2.42. The average molecular weight is 393 g/mol. The van der Waals surface area contributed by atoms with Crippen LogP contribution < -0.4 is 4.90 Å². The molecule has 4 nitrogen and oxygen atoms in total. The first-order chi connectivity index (χ1) is 13.6. The predicted octanol–water partition coefficient (Wildman–Crippen LogP) is 4.61. The maximum Gasteiger partial charge on any atom is 0.229 e. The quantitative estimate of drug-likeness (QED) is 0.764. The Bertz CT molecular complexity index is 980. The number of amides is 1. The van der Waals surface area contributed by atoms with Crippen molar-refractivity contribution in [2.24, 2.45) is 0 Å². The molecule has 6 heteroatoms. The Kier molecular flexibility index (Phi) is 5.10. The van der Waals surface area contributed by atoms with Crippen LogP contribution in [0.1, 0.15) is 30.4 Å². The van der Waals surface area contributed by atoms with E-state index in [4.69, 9.17) is 0 Å². The third-order valence-electron chi connectivity index (χ3n) is 5.28. The highest BCUT2D eigenvalue weighted by Gasteiger charge is 2.39. The van der Waals surface area contributed by atoms with E-state index in [1.807, 2.05) is 0 Å². The molecule has 28 heavy (non-hydrogen) atoms. The molecule has 0 aromatic heterocycles. The molecule has 4 rings (SSSR count). The highest BCUT2D eigenvalue weighted by molar-refractivity contribution is 8.03. The summed E-state index contributed by atoms with van der Waals surface area (Å²) in [7, 11) is 0. The molecule has 0 bridgehead atoms. The Hall–Kier alpha value is -2.78. The molecule has 2 heterocycles. The van der Waals surface area contributed by atoms with Gasteiger partial charge in [0.15, 0.2) is 0 Å². The molecule has 2 aromatic rings. The van der Waals surface area contributed by atoms with Gasteiger partial charge in [-0.3, -0.25) is 9.69 Å². The first kappa shape index (κ1) is 18.6. The van der Waals surface area contributed by atoms with Gasteiger partial charge in [-0.2, -0.15) is 5.26 Å². The molecule has 2 aliphatic heterocycles. The Labute approximate surface area is 168 Å². The van der Waals surface area contributed by atoms with Gasteiger partial charge in [0.1, 0.15) is 5.82 Å². The summed E-state index contributed by atoms with van der Waals surface area (Å²) in [5.41, 5.74) is 3.21. The SMILES string of the molecule is CCc1ccc(N2CSC3=C(C#N)[C@@H](c4ccccc4F)CC(=O)N3C2)cc1. The number of fused-ring (bicyclic) bond motifs is 1. The number of carbonyl (C=O) groups excluding carboxylic acids is 1. The molecule has 0 N–H and O–H groups in total. The van der Waals surface area contributed by atoms with E-state index < -0.39 is 5.92 Å². The van der Waals surface area contributed by atoms with E-state index in [-0.39, 0.29) is 18.1 Å². The standard InChI is InChI=1S/C22H20FN3OS/c1-2-15-7-9-16(10-8-15)25-13-26-21(27)11-18(17-5-3-4-6-20(17)23)19(12-24)22(26)28-14-25/h3-10,18H,2,11,13-14H2,1H3/t18-/m1/s1. The van der Waals surface area contributed by atoms with Crippen LogP contribution in [0.15, 0.2) is 59.1 Å². The lowest BCUT2D eigenvalue weighted by atomic mass is 9.86. The fourth-order valence-corrected chi connectivity index (χ4v) is 4.86. The predicted molar refractivity (Wildman–Crippen MR) is 109 cm³/mol. The minimum Gasteiger partial charge on any atom is -0.344 e. The molecule has 2 aromatic carbocycles. The van der Waals surface area contributed by atoms with E-state index in [0.717, 1.165) is 12.1 Å². The maximum absolute atomic E-state index is 14.3. The number of nitriles is 1. The van der Waals surface area contributed by atoms with Gasteiger partial charge in [-0.25, -0.2) is 4.39 Å². The van der Waals surface area contributed by atoms with E-state index in [9.17, 15) is 14.4 Å². The Balaban J connectivity index is 1.65. The van der Waals surface area contributed by atoms with Crippen LogP contribution in [-0.4, -0.2) is 23.4 Å². The van der Waals surface area contributed by atoms with E-state index >= 15 is 0 Å². The second-order valence-corrected chi connectivity index (χ2v) is 7.84. The van der Waals surface area contributed by atoms with Gasteiger partial charge in [-0.15, -0.1) is 0 Å². The number of nitrogens with zero attached hydrogens (tertiary/aromatic N) is 3. The third kappa shape index (κ3) is 3.27. The van der Waals surface area contributed by atoms with Crippen LogP contribution in [0.2, 0.25) is 0 Å². The largest absolute Gasteiger partial charge is 0.344 e. The molecule has 0 aliphatic carbocycles. The van der Waals surface area contributed by atoms with Crippen molar-refractivity contribution in [1.29, 1.82) is 5.26 Å². The molecule has 0 radical (unpaired) electrons. The minimum atomic E-state index is -0.521. The number of anilines is 1. The van der Waals surface area contributed by atoms with Gasteiger partial charge in [-0.05, 0) is 35.7 Å². The number of hydrogen-bond donors (Lipinski definition) is 0. The van der Waals surface area contributed by atoms with Gasteiger partial charge in [-0.1, -0.05) is 49.0 Å². The van der Waals surface area contributed by atoms with Crippen molar-refractivity contribution in [2.45, 2.75) is 25.7 Å². The van der Waals surface area contributed by atoms with Crippen LogP contribution in [-0.2, 0) is 11.2 Å². The van der Waals surface area contributed by atoms with Crippen molar-refractivity contribution in [3.63, 3.8) is 0 Å². The highest BCUT2D eigenvalue weighted by Crippen LogP contribution is 2.43. The minimum absolute atomic E-state index is 0.0790. The average Bonchev–Trinajstić information content (AvgIpc) is 2.74. The summed E-state index contributed by atoms with van der Waals surface area (Å²) in [6.45, 7) is 2.52. The van der Waals surface area contributed by atoms with Crippen molar-refractivity contribution in [1.82, 2.24) is 4.90 Å². The molecular weight excluding hydrogens is 373 g/mol. The first-order valence-corrected chi connectivity index (χ1v) is 10.3. The molecule has 1 amide bonds. The molecule has 1 fully saturated rings. The zero-order chi connectivity index (χ0) is 19.7. The summed E-state index contributed by atoms with van der Waals surface area (Å²) in [5.74, 6) is -0.335. The van der Waals surface area contributed by atoms with Crippen LogP contribution >= 0.6 is 11.8 Å². The van der Waals surface area contributed by atoms with Gasteiger partial charge in [0.2, 0.25) is 5.91 Å². The summed E-state index contributed by atoms with van der Waals surface area (Å²) in [5, 5.41) is 10.4. The highest BCUT2D eigenvalue weighted by atomic mass is 32.2. The third-order valence-corrected chi connectivity index (χ3v) is 6.44. The van der Waals surface area contributed by atoms with E-state index in [1.54, 1.807) is 23.1 Å². The van der Waals surface area contributed by atoms with Crippen molar-refractivity contribution in [3.8, 4) is 6.07 Å². The van der Waals surface area contributed by atoms with Crippen LogP contribution in [0.5, 0.6) is 0 Å². The van der Waals surface area contributed by atoms with Crippen LogP contribution in [0, 0.1) is 17.1 Å². The summed E-state index contributed by atoms with van der Waals surface area (Å²) in [4.78, 5) is 16.7. The van der Waals surface area contributed by atoms with Gasteiger partial charge < -0.3 is 4.90 Å². The fourth-order valence-electron chi connectivity index (χ4n) is 3.69. The number of thioether (sulfide) groups is 1. The molecular formula is C22H20FN3OS. The molecule has 1 saturated heterocycles. The maximum atomic E-state index is 14.3. The van der Waals surface area contributed by atoms with Gasteiger partial charge >= 0.3 is 0 Å². The number of rotatable bonds is 3. The number of allylic oxidation sites excluding steroid dienone is 1. The number of halogens is 1. The number of aryl methyl sites for hydroxylation is 1. The second kappa shape index (κ2) is 7.69. The van der Waals surface area contributed by atoms with Crippen LogP contribution in [0.25, 0.3) is 0 Å². The Morgan fingerprint density at radius 3 is 2.64 bits per heavy atom. The van der Waals surface area contributed by atoms with E-state index in [0.29, 0.717) is 28.7 Å². The lowest BCUT2D eigenvalue weighted by Crippen LogP contribution is -2.47. The summed E-state index contributed by atoms with van der Waals surface area (Å²) < 4.78 is 14.3. The van der Waals surface area contributed by atoms with Gasteiger partial charge in [0, 0.05) is 18.0 Å². The van der Waals surface area contributed by atoms with Crippen LogP contribution in [0.4, 0.5) is 10.1 Å². The Morgan fingerprint density at radius 1 is 1.21 bits per heavy atom. The zero-order valence-electron chi connectivity index (χ0n) is 15.6. The molecule has 0 saturated carbocycles. The molecule has 1 atom stereocenters. The monoisotopic (exact) mass is 393 g/mol. The number of hydrogen-bond acceptors (Lipinski definition) is 4. The molecule has 142 valence electrons. The Morgan fingerprint density at radius 2 is 1.96 bits per heavy atom. The number of benzene rings is 2. The van der Waals surface area contributed by atoms with E-state index in [1.165, 1.54) is 23.4 Å². The summed E-state index contributed by atoms with van der Waals surface area (Å²) in [6, 6.07) is 17.0. The summed E-state index contributed by atoms with van der Waals surface area (Å²) in [6.07, 6.45) is 1.09. The second-order valence-electron chi connectivity index (χ2n) is 6.91. The topological polar surface area (TPSA) is 47.3 Å². The normalized spacial score (nSPS) is 19.5. The van der Waals surface area contributed by atoms with Gasteiger partial charge in [0.25, 0.3) is 0 Å². The van der Waals surface area contributed by atoms with Gasteiger partial charge in [0.05, 0.1) is 29.2 Å². The molecule has 0 unspecified atom stereocenters. The lowest BCUT2D eigenvalue weighted by molar-refractivity contribution is -0.129. The van der Waals surface area contributed by atoms with Crippen molar-refractivity contribution in [2.75, 3.05) is 17.4 Å². The smallest absolute Gasteiger partial charge is 0.229 e. The van der Waals surface area contributed by atoms with Crippen molar-refractivity contribution in [3.05, 3.63) is 76.1 Å². The summed E-state index contributed by atoms with van der Waals surface area (Å²) >= 11 is 1.47. The van der Waals surface area contributed by atoms with Crippen molar-refractivity contribution >= 4 is 23.4 Å². The van der Waals surface area contributed by atoms with E-state index in [2.05, 4.69) is 42.2 Å². The van der Waals surface area contributed by atoms with Crippen LogP contribution in [0.3, 0.4) is 0 Å². The number of carbonyl (C=O) groups is 1. The molecule has 0 spiro atoms. The fraction of sp³-hybridized carbons (Fsp3) is 0.273.